The SMILES string of the molecule is Cc1cc(=O)cc(C)n1CC(=O)N1CCC(c2nc3ccccc3[nH]2)CC1. The van der Waals surface area contributed by atoms with E-state index in [-0.39, 0.29) is 17.9 Å². The van der Waals surface area contributed by atoms with E-state index in [9.17, 15) is 9.59 Å². The number of carbonyl (C=O) groups is 1. The van der Waals surface area contributed by atoms with Crippen LogP contribution in [0.15, 0.2) is 41.2 Å². The van der Waals surface area contributed by atoms with Crippen LogP contribution < -0.4 is 5.43 Å². The Morgan fingerprint density at radius 1 is 1.15 bits per heavy atom. The number of para-hydroxylation sites is 2. The summed E-state index contributed by atoms with van der Waals surface area (Å²) in [5, 5.41) is 0. The van der Waals surface area contributed by atoms with Crippen LogP contribution in [0.2, 0.25) is 0 Å². The van der Waals surface area contributed by atoms with Crippen molar-refractivity contribution >= 4 is 16.9 Å². The van der Waals surface area contributed by atoms with E-state index in [2.05, 4.69) is 4.98 Å². The van der Waals surface area contributed by atoms with E-state index in [1.165, 1.54) is 0 Å². The summed E-state index contributed by atoms with van der Waals surface area (Å²) in [5.74, 6) is 1.49. The molecule has 6 nitrogen and oxygen atoms in total. The van der Waals surface area contributed by atoms with Crippen molar-refractivity contribution < 1.29 is 4.79 Å². The van der Waals surface area contributed by atoms with Crippen molar-refractivity contribution in [2.45, 2.75) is 39.2 Å². The summed E-state index contributed by atoms with van der Waals surface area (Å²) < 4.78 is 1.91. The first-order valence-electron chi connectivity index (χ1n) is 9.42. The van der Waals surface area contributed by atoms with Crippen LogP contribution in [0.5, 0.6) is 0 Å². The highest BCUT2D eigenvalue weighted by atomic mass is 16.2. The maximum absolute atomic E-state index is 12.7. The molecule has 1 amide bonds. The number of rotatable bonds is 3. The number of likely N-dealkylation sites (tertiary alicyclic amines) is 1. The highest BCUT2D eigenvalue weighted by Crippen LogP contribution is 2.27. The highest BCUT2D eigenvalue weighted by molar-refractivity contribution is 5.76. The topological polar surface area (TPSA) is 71.0 Å². The summed E-state index contributed by atoms with van der Waals surface area (Å²) in [4.78, 5) is 34.4. The Balaban J connectivity index is 1.41. The van der Waals surface area contributed by atoms with Gasteiger partial charge in [0.05, 0.1) is 11.0 Å². The summed E-state index contributed by atoms with van der Waals surface area (Å²) >= 11 is 0. The molecule has 4 rings (SSSR count). The number of H-pyrrole nitrogens is 1. The predicted octanol–water partition coefficient (Wildman–Crippen LogP) is 2.75. The second-order valence-electron chi connectivity index (χ2n) is 7.35. The number of aromatic nitrogens is 3. The molecular weight excluding hydrogens is 340 g/mol. The average Bonchev–Trinajstić information content (AvgIpc) is 3.09. The van der Waals surface area contributed by atoms with E-state index in [1.807, 2.05) is 47.6 Å². The van der Waals surface area contributed by atoms with Crippen molar-refractivity contribution in [3.63, 3.8) is 0 Å². The summed E-state index contributed by atoms with van der Waals surface area (Å²) in [6.07, 6.45) is 1.82. The van der Waals surface area contributed by atoms with Crippen molar-refractivity contribution in [3.8, 4) is 0 Å². The lowest BCUT2D eigenvalue weighted by Gasteiger charge is -2.31. The monoisotopic (exact) mass is 364 g/mol. The summed E-state index contributed by atoms with van der Waals surface area (Å²) in [7, 11) is 0. The zero-order valence-electron chi connectivity index (χ0n) is 15.7. The van der Waals surface area contributed by atoms with E-state index in [0.717, 1.165) is 54.2 Å². The van der Waals surface area contributed by atoms with Crippen molar-refractivity contribution in [1.82, 2.24) is 19.4 Å². The minimum absolute atomic E-state index is 0.0136. The second-order valence-corrected chi connectivity index (χ2v) is 7.35. The Morgan fingerprint density at radius 3 is 2.48 bits per heavy atom. The molecule has 1 N–H and O–H groups in total. The van der Waals surface area contributed by atoms with Gasteiger partial charge in [-0.3, -0.25) is 9.59 Å². The lowest BCUT2D eigenvalue weighted by Crippen LogP contribution is -2.40. The number of benzene rings is 1. The molecule has 0 atom stereocenters. The number of nitrogens with zero attached hydrogens (tertiary/aromatic N) is 3. The summed E-state index contributed by atoms with van der Waals surface area (Å²) in [6.45, 7) is 5.50. The maximum Gasteiger partial charge on any atom is 0.242 e. The van der Waals surface area contributed by atoms with Crippen molar-refractivity contribution in [2.75, 3.05) is 13.1 Å². The molecule has 1 saturated heterocycles. The van der Waals surface area contributed by atoms with Gasteiger partial charge in [-0.15, -0.1) is 0 Å². The normalized spacial score (nSPS) is 15.4. The largest absolute Gasteiger partial charge is 0.342 e. The third-order valence-electron chi connectivity index (χ3n) is 5.49. The number of nitrogens with one attached hydrogen (secondary N) is 1. The van der Waals surface area contributed by atoms with Crippen LogP contribution in [0.4, 0.5) is 0 Å². The maximum atomic E-state index is 12.7. The van der Waals surface area contributed by atoms with E-state index in [4.69, 9.17) is 4.98 Å². The lowest BCUT2D eigenvalue weighted by molar-refractivity contribution is -0.133. The van der Waals surface area contributed by atoms with Crippen LogP contribution in [0.3, 0.4) is 0 Å². The Bertz CT molecular complexity index is 983. The zero-order valence-corrected chi connectivity index (χ0v) is 15.7. The fraction of sp³-hybridized carbons (Fsp3) is 0.381. The van der Waals surface area contributed by atoms with Crippen LogP contribution in [0.25, 0.3) is 11.0 Å². The van der Waals surface area contributed by atoms with E-state index in [0.29, 0.717) is 5.92 Å². The van der Waals surface area contributed by atoms with Gasteiger partial charge in [-0.05, 0) is 38.8 Å². The molecule has 0 spiro atoms. The Kier molecular flexibility index (Phi) is 4.56. The lowest BCUT2D eigenvalue weighted by atomic mass is 9.96. The molecule has 27 heavy (non-hydrogen) atoms. The molecule has 0 radical (unpaired) electrons. The molecule has 1 aromatic carbocycles. The van der Waals surface area contributed by atoms with Crippen molar-refractivity contribution in [1.29, 1.82) is 0 Å². The van der Waals surface area contributed by atoms with Gasteiger partial charge in [0.25, 0.3) is 0 Å². The number of fused-ring (bicyclic) bond motifs is 1. The zero-order chi connectivity index (χ0) is 19.0. The minimum atomic E-state index is -0.0136. The first kappa shape index (κ1) is 17.5. The third-order valence-corrected chi connectivity index (χ3v) is 5.49. The molecule has 0 unspecified atom stereocenters. The number of aromatic amines is 1. The fourth-order valence-corrected chi connectivity index (χ4v) is 3.94. The van der Waals surface area contributed by atoms with Crippen LogP contribution >= 0.6 is 0 Å². The van der Waals surface area contributed by atoms with E-state index in [1.54, 1.807) is 12.1 Å². The van der Waals surface area contributed by atoms with Gasteiger partial charge in [-0.2, -0.15) is 0 Å². The van der Waals surface area contributed by atoms with Crippen LogP contribution in [-0.2, 0) is 11.3 Å². The summed E-state index contributed by atoms with van der Waals surface area (Å²) in [6, 6.07) is 11.2. The van der Waals surface area contributed by atoms with Gasteiger partial charge in [-0.25, -0.2) is 4.98 Å². The molecule has 0 aliphatic carbocycles. The fourth-order valence-electron chi connectivity index (χ4n) is 3.94. The number of hydrogen-bond donors (Lipinski definition) is 1. The average molecular weight is 364 g/mol. The first-order valence-corrected chi connectivity index (χ1v) is 9.42. The quantitative estimate of drug-likeness (QED) is 0.777. The number of aryl methyl sites for hydroxylation is 2. The van der Waals surface area contributed by atoms with Gasteiger partial charge in [-0.1, -0.05) is 12.1 Å². The molecule has 1 fully saturated rings. The highest BCUT2D eigenvalue weighted by Gasteiger charge is 2.26. The Labute approximate surface area is 157 Å². The van der Waals surface area contributed by atoms with Gasteiger partial charge in [0.1, 0.15) is 12.4 Å². The molecule has 3 aromatic rings. The molecule has 2 aromatic heterocycles. The molecule has 1 aliphatic rings. The van der Waals surface area contributed by atoms with Gasteiger partial charge < -0.3 is 14.5 Å². The van der Waals surface area contributed by atoms with E-state index < -0.39 is 0 Å². The number of imidazole rings is 1. The second kappa shape index (κ2) is 7.02. The molecule has 140 valence electrons. The number of amides is 1. The van der Waals surface area contributed by atoms with Crippen LogP contribution in [0.1, 0.15) is 36.0 Å². The number of pyridine rings is 1. The predicted molar refractivity (Wildman–Crippen MR) is 105 cm³/mol. The number of hydrogen-bond acceptors (Lipinski definition) is 3. The van der Waals surface area contributed by atoms with Crippen LogP contribution in [0, 0.1) is 13.8 Å². The standard InChI is InChI=1S/C21H24N4O2/c1-14-11-17(26)12-15(2)25(14)13-20(27)24-9-7-16(8-10-24)21-22-18-5-3-4-6-19(18)23-21/h3-6,11-12,16H,7-10,13H2,1-2H3,(H,22,23). The molecule has 1 aliphatic heterocycles. The van der Waals surface area contributed by atoms with Gasteiger partial charge in [0.2, 0.25) is 5.91 Å². The Hall–Kier alpha value is -2.89. The molecule has 0 bridgehead atoms. The molecule has 6 heteroatoms. The molecule has 0 saturated carbocycles. The molecular formula is C21H24N4O2. The van der Waals surface area contributed by atoms with Crippen LogP contribution in [-0.4, -0.2) is 38.4 Å². The summed E-state index contributed by atoms with van der Waals surface area (Å²) in [5.41, 5.74) is 3.70. The number of carbonyl (C=O) groups excluding carboxylic acids is 1. The van der Waals surface area contributed by atoms with Crippen molar-refractivity contribution in [2.24, 2.45) is 0 Å². The first-order chi connectivity index (χ1) is 13.0. The Morgan fingerprint density at radius 2 is 1.81 bits per heavy atom. The number of piperidine rings is 1. The van der Waals surface area contributed by atoms with Crippen molar-refractivity contribution in [3.05, 3.63) is 63.8 Å². The smallest absolute Gasteiger partial charge is 0.242 e. The van der Waals surface area contributed by atoms with E-state index >= 15 is 0 Å². The third kappa shape index (κ3) is 3.52. The minimum Gasteiger partial charge on any atom is -0.342 e. The molecule has 3 heterocycles. The van der Waals surface area contributed by atoms with Gasteiger partial charge in [0.15, 0.2) is 5.43 Å². The van der Waals surface area contributed by atoms with Gasteiger partial charge in [0, 0.05) is 42.5 Å². The van der Waals surface area contributed by atoms with Gasteiger partial charge >= 0.3 is 0 Å².